The van der Waals surface area contributed by atoms with Gasteiger partial charge in [0, 0.05) is 5.56 Å². The van der Waals surface area contributed by atoms with E-state index in [1.165, 1.54) is 33.9 Å². The lowest BCUT2D eigenvalue weighted by Gasteiger charge is -2.12. The summed E-state index contributed by atoms with van der Waals surface area (Å²) in [7, 11) is 4.56. The predicted molar refractivity (Wildman–Crippen MR) is 77.5 cm³/mol. The third-order valence-electron chi connectivity index (χ3n) is 2.70. The molecular weight excluding hydrogens is 290 g/mol. The Morgan fingerprint density at radius 3 is 2.41 bits per heavy atom. The number of carbonyl (C=O) groups is 1. The van der Waals surface area contributed by atoms with Crippen LogP contribution < -0.4 is 19.6 Å². The van der Waals surface area contributed by atoms with E-state index in [1.54, 1.807) is 12.1 Å². The van der Waals surface area contributed by atoms with Gasteiger partial charge in [-0.3, -0.25) is 9.89 Å². The van der Waals surface area contributed by atoms with Gasteiger partial charge in [0.2, 0.25) is 11.6 Å². The second-order valence-corrected chi connectivity index (χ2v) is 3.99. The summed E-state index contributed by atoms with van der Waals surface area (Å²) in [6.07, 6.45) is 2.68. The first-order valence-electron chi connectivity index (χ1n) is 6.18. The summed E-state index contributed by atoms with van der Waals surface area (Å²) in [5.41, 5.74) is 2.98. The molecule has 0 fully saturated rings. The van der Waals surface area contributed by atoms with E-state index < -0.39 is 5.91 Å². The summed E-state index contributed by atoms with van der Waals surface area (Å²) in [5, 5.41) is 9.85. The van der Waals surface area contributed by atoms with Gasteiger partial charge in [-0.25, -0.2) is 10.4 Å². The predicted octanol–water partition coefficient (Wildman–Crippen LogP) is 0.594. The lowest BCUT2D eigenvalue weighted by atomic mass is 10.2. The van der Waals surface area contributed by atoms with E-state index in [0.29, 0.717) is 22.8 Å². The molecular formula is C13H15N5O4. The van der Waals surface area contributed by atoms with Gasteiger partial charge in [-0.15, -0.1) is 0 Å². The fraction of sp³-hybridized carbons (Fsp3) is 0.231. The van der Waals surface area contributed by atoms with Gasteiger partial charge < -0.3 is 14.2 Å². The zero-order valence-corrected chi connectivity index (χ0v) is 12.3. The number of carbonyl (C=O) groups excluding carboxylic acids is 1. The lowest BCUT2D eigenvalue weighted by Crippen LogP contribution is -2.19. The molecule has 1 aromatic carbocycles. The number of methoxy groups -OCH3 is 3. The van der Waals surface area contributed by atoms with Crippen LogP contribution in [0.1, 0.15) is 16.2 Å². The molecule has 0 saturated heterocycles. The van der Waals surface area contributed by atoms with Crippen LogP contribution in [0.15, 0.2) is 23.6 Å². The minimum atomic E-state index is -0.499. The van der Waals surface area contributed by atoms with Gasteiger partial charge in [-0.2, -0.15) is 10.2 Å². The molecule has 1 aromatic heterocycles. The maximum absolute atomic E-state index is 11.6. The van der Waals surface area contributed by atoms with E-state index in [9.17, 15) is 4.79 Å². The quantitative estimate of drug-likeness (QED) is 0.597. The Morgan fingerprint density at radius 1 is 1.23 bits per heavy atom. The molecule has 0 radical (unpaired) electrons. The molecule has 0 aliphatic rings. The molecule has 116 valence electrons. The number of ether oxygens (including phenoxy) is 3. The van der Waals surface area contributed by atoms with Crippen molar-refractivity contribution in [3.8, 4) is 17.2 Å². The molecule has 0 bridgehead atoms. The van der Waals surface area contributed by atoms with Gasteiger partial charge in [-0.05, 0) is 12.1 Å². The van der Waals surface area contributed by atoms with Crippen molar-refractivity contribution in [2.75, 3.05) is 21.3 Å². The Labute approximate surface area is 126 Å². The molecule has 0 aliphatic heterocycles. The minimum Gasteiger partial charge on any atom is -0.493 e. The van der Waals surface area contributed by atoms with E-state index >= 15 is 0 Å². The van der Waals surface area contributed by atoms with Crippen molar-refractivity contribution >= 4 is 12.1 Å². The highest BCUT2D eigenvalue weighted by Gasteiger charge is 2.12. The van der Waals surface area contributed by atoms with Crippen LogP contribution in [0.5, 0.6) is 17.2 Å². The van der Waals surface area contributed by atoms with Crippen LogP contribution in [-0.4, -0.2) is 48.6 Å². The van der Waals surface area contributed by atoms with E-state index in [4.69, 9.17) is 14.2 Å². The van der Waals surface area contributed by atoms with Crippen molar-refractivity contribution in [3.63, 3.8) is 0 Å². The van der Waals surface area contributed by atoms with Gasteiger partial charge in [0.25, 0.3) is 0 Å². The molecule has 2 rings (SSSR count). The summed E-state index contributed by atoms with van der Waals surface area (Å²) in [6, 6.07) is 3.40. The van der Waals surface area contributed by atoms with Crippen molar-refractivity contribution in [1.29, 1.82) is 0 Å². The summed E-state index contributed by atoms with van der Waals surface area (Å²) in [4.78, 5) is 15.3. The second kappa shape index (κ2) is 7.07. The first-order chi connectivity index (χ1) is 10.7. The molecule has 22 heavy (non-hydrogen) atoms. The van der Waals surface area contributed by atoms with Crippen LogP contribution in [-0.2, 0) is 0 Å². The Morgan fingerprint density at radius 2 is 1.91 bits per heavy atom. The molecule has 0 saturated carbocycles. The smallest absolute Gasteiger partial charge is 0.308 e. The zero-order chi connectivity index (χ0) is 15.9. The fourth-order valence-electron chi connectivity index (χ4n) is 1.71. The van der Waals surface area contributed by atoms with Gasteiger partial charge >= 0.3 is 5.91 Å². The number of rotatable bonds is 6. The molecule has 0 aliphatic carbocycles. The summed E-state index contributed by atoms with van der Waals surface area (Å²) < 4.78 is 15.7. The van der Waals surface area contributed by atoms with Gasteiger partial charge in [0.1, 0.15) is 6.33 Å². The van der Waals surface area contributed by atoms with Crippen LogP contribution in [0.25, 0.3) is 0 Å². The summed E-state index contributed by atoms with van der Waals surface area (Å²) in [6.45, 7) is 0. The average molecular weight is 305 g/mol. The van der Waals surface area contributed by atoms with Crippen LogP contribution in [0.3, 0.4) is 0 Å². The highest BCUT2D eigenvalue weighted by molar-refractivity contribution is 5.91. The number of aromatic amines is 1. The molecule has 9 heteroatoms. The van der Waals surface area contributed by atoms with E-state index in [1.807, 2.05) is 0 Å². The molecule has 1 amide bonds. The standard InChI is InChI=1S/C13H15N5O4/c1-20-9-4-8(5-10(21-2)11(9)22-3)6-15-18-13(19)12-14-7-16-17-12/h4-7H,1-3H3,(H,18,19)(H,14,16,17)/b15-6-. The molecule has 0 spiro atoms. The van der Waals surface area contributed by atoms with Crippen LogP contribution in [0, 0.1) is 0 Å². The normalized spacial score (nSPS) is 10.5. The third-order valence-corrected chi connectivity index (χ3v) is 2.70. The topological polar surface area (TPSA) is 111 Å². The first kappa shape index (κ1) is 15.3. The number of hydrogen-bond acceptors (Lipinski definition) is 7. The van der Waals surface area contributed by atoms with Gasteiger partial charge in [0.15, 0.2) is 11.5 Å². The molecule has 2 N–H and O–H groups in total. The Balaban J connectivity index is 2.15. The zero-order valence-electron chi connectivity index (χ0n) is 12.3. The number of aromatic nitrogens is 3. The molecule has 0 unspecified atom stereocenters. The summed E-state index contributed by atoms with van der Waals surface area (Å²) in [5.74, 6) is 1.03. The van der Waals surface area contributed by atoms with Gasteiger partial charge in [0.05, 0.1) is 27.5 Å². The highest BCUT2D eigenvalue weighted by Crippen LogP contribution is 2.37. The largest absolute Gasteiger partial charge is 0.493 e. The summed E-state index contributed by atoms with van der Waals surface area (Å²) >= 11 is 0. The van der Waals surface area contributed by atoms with Crippen LogP contribution in [0.4, 0.5) is 0 Å². The highest BCUT2D eigenvalue weighted by atomic mass is 16.5. The number of hydrazone groups is 1. The third kappa shape index (κ3) is 3.32. The van der Waals surface area contributed by atoms with Crippen molar-refractivity contribution < 1.29 is 19.0 Å². The minimum absolute atomic E-state index is 0.0713. The van der Waals surface area contributed by atoms with Crippen LogP contribution in [0.2, 0.25) is 0 Å². The van der Waals surface area contributed by atoms with Crippen molar-refractivity contribution in [1.82, 2.24) is 20.6 Å². The van der Waals surface area contributed by atoms with E-state index in [-0.39, 0.29) is 5.82 Å². The number of nitrogens with zero attached hydrogens (tertiary/aromatic N) is 3. The molecule has 1 heterocycles. The van der Waals surface area contributed by atoms with Crippen LogP contribution >= 0.6 is 0 Å². The number of nitrogens with one attached hydrogen (secondary N) is 2. The monoisotopic (exact) mass is 305 g/mol. The second-order valence-electron chi connectivity index (χ2n) is 3.99. The van der Waals surface area contributed by atoms with Crippen molar-refractivity contribution in [2.45, 2.75) is 0 Å². The lowest BCUT2D eigenvalue weighted by molar-refractivity contribution is 0.0945. The molecule has 2 aromatic rings. The van der Waals surface area contributed by atoms with Crippen molar-refractivity contribution in [3.05, 3.63) is 29.8 Å². The first-order valence-corrected chi connectivity index (χ1v) is 6.18. The SMILES string of the molecule is COc1cc(/C=N\NC(=O)c2ncn[nH]2)cc(OC)c1OC. The Kier molecular flexibility index (Phi) is 4.91. The fourth-order valence-corrected chi connectivity index (χ4v) is 1.71. The number of amides is 1. The maximum Gasteiger partial charge on any atom is 0.308 e. The Hall–Kier alpha value is -3.10. The number of hydrogen-bond donors (Lipinski definition) is 2. The van der Waals surface area contributed by atoms with Gasteiger partial charge in [-0.1, -0.05) is 0 Å². The number of H-pyrrole nitrogens is 1. The van der Waals surface area contributed by atoms with Crippen molar-refractivity contribution in [2.24, 2.45) is 5.10 Å². The maximum atomic E-state index is 11.6. The number of benzene rings is 1. The molecule has 0 atom stereocenters. The molecule has 9 nitrogen and oxygen atoms in total. The van der Waals surface area contributed by atoms with E-state index in [0.717, 1.165) is 0 Å². The average Bonchev–Trinajstić information content (AvgIpc) is 3.08. The Bertz CT molecular complexity index is 644. The van der Waals surface area contributed by atoms with E-state index in [2.05, 4.69) is 25.7 Å².